The number of piperidine rings is 1. The molecule has 1 atom stereocenters. The average molecular weight is 290 g/mol. The predicted molar refractivity (Wildman–Crippen MR) is 81.3 cm³/mol. The second-order valence-corrected chi connectivity index (χ2v) is 8.01. The first kappa shape index (κ1) is 16.9. The highest BCUT2D eigenvalue weighted by Crippen LogP contribution is 2.09. The van der Waals surface area contributed by atoms with E-state index in [1.807, 2.05) is 0 Å². The zero-order chi connectivity index (χ0) is 14.1. The van der Waals surface area contributed by atoms with E-state index in [9.17, 15) is 8.42 Å². The fraction of sp³-hybridized carbons (Fsp3) is 1.00. The number of hydrogen-bond donors (Lipinski definition) is 1. The van der Waals surface area contributed by atoms with Crippen molar-refractivity contribution in [3.63, 3.8) is 0 Å². The zero-order valence-corrected chi connectivity index (χ0v) is 13.3. The van der Waals surface area contributed by atoms with E-state index in [-0.39, 0.29) is 5.75 Å². The van der Waals surface area contributed by atoms with Crippen LogP contribution < -0.4 is 5.32 Å². The molecule has 0 amide bonds. The summed E-state index contributed by atoms with van der Waals surface area (Å²) in [5.41, 5.74) is 0. The second kappa shape index (κ2) is 8.93. The first-order chi connectivity index (χ1) is 9.07. The van der Waals surface area contributed by atoms with Crippen LogP contribution in [-0.4, -0.2) is 57.0 Å². The maximum Gasteiger partial charge on any atom is 0.150 e. The molecule has 0 spiro atoms. The molecule has 0 bridgehead atoms. The lowest BCUT2D eigenvalue weighted by Gasteiger charge is -2.30. The van der Waals surface area contributed by atoms with Crippen LogP contribution in [0.2, 0.25) is 0 Å². The standard InChI is InChI=1S/C14H30N2O2S/c1-3-10-16(11-7-12-19(17,18)4-2)13-14-8-5-6-9-15-14/h14-15H,3-13H2,1-2H3. The summed E-state index contributed by atoms with van der Waals surface area (Å²) in [6.07, 6.45) is 5.77. The quantitative estimate of drug-likeness (QED) is 0.702. The van der Waals surface area contributed by atoms with Crippen molar-refractivity contribution in [3.8, 4) is 0 Å². The van der Waals surface area contributed by atoms with E-state index in [2.05, 4.69) is 17.1 Å². The Kier molecular flexibility index (Phi) is 7.95. The van der Waals surface area contributed by atoms with Crippen LogP contribution in [-0.2, 0) is 9.84 Å². The molecule has 0 aromatic carbocycles. The van der Waals surface area contributed by atoms with Gasteiger partial charge >= 0.3 is 0 Å². The summed E-state index contributed by atoms with van der Waals surface area (Å²) in [5.74, 6) is 0.604. The highest BCUT2D eigenvalue weighted by atomic mass is 32.2. The van der Waals surface area contributed by atoms with Crippen LogP contribution in [0.15, 0.2) is 0 Å². The summed E-state index contributed by atoms with van der Waals surface area (Å²) in [6.45, 7) is 8.10. The molecule has 0 saturated carbocycles. The minimum atomic E-state index is -2.81. The van der Waals surface area contributed by atoms with Crippen molar-refractivity contribution < 1.29 is 8.42 Å². The van der Waals surface area contributed by atoms with E-state index >= 15 is 0 Å². The van der Waals surface area contributed by atoms with Crippen LogP contribution in [0.1, 0.15) is 46.0 Å². The minimum Gasteiger partial charge on any atom is -0.313 e. The van der Waals surface area contributed by atoms with Crippen LogP contribution in [0.5, 0.6) is 0 Å². The van der Waals surface area contributed by atoms with Gasteiger partial charge in [-0.3, -0.25) is 0 Å². The lowest BCUT2D eigenvalue weighted by Crippen LogP contribution is -2.44. The molecule has 1 heterocycles. The first-order valence-electron chi connectivity index (χ1n) is 7.73. The molecule has 0 aromatic rings. The highest BCUT2D eigenvalue weighted by Gasteiger charge is 2.16. The Hall–Kier alpha value is -0.130. The van der Waals surface area contributed by atoms with Gasteiger partial charge in [0.2, 0.25) is 0 Å². The molecule has 1 aliphatic rings. The Morgan fingerprint density at radius 2 is 2.00 bits per heavy atom. The Morgan fingerprint density at radius 3 is 2.58 bits per heavy atom. The van der Waals surface area contributed by atoms with Gasteiger partial charge in [0.25, 0.3) is 0 Å². The SMILES string of the molecule is CCCN(CCCS(=O)(=O)CC)CC1CCCCN1. The van der Waals surface area contributed by atoms with Crippen LogP contribution in [0, 0.1) is 0 Å². The summed E-state index contributed by atoms with van der Waals surface area (Å²) in [4.78, 5) is 2.42. The predicted octanol–water partition coefficient (Wildman–Crippen LogP) is 1.67. The van der Waals surface area contributed by atoms with Gasteiger partial charge in [-0.15, -0.1) is 0 Å². The maximum absolute atomic E-state index is 11.5. The Labute approximate surface area is 118 Å². The van der Waals surface area contributed by atoms with Crippen molar-refractivity contribution in [1.29, 1.82) is 0 Å². The molecule has 0 aliphatic carbocycles. The number of sulfone groups is 1. The lowest BCUT2D eigenvalue weighted by atomic mass is 10.0. The monoisotopic (exact) mass is 290 g/mol. The molecule has 1 aliphatic heterocycles. The topological polar surface area (TPSA) is 49.4 Å². The highest BCUT2D eigenvalue weighted by molar-refractivity contribution is 7.91. The number of rotatable bonds is 9. The molecule has 0 aromatic heterocycles. The number of hydrogen-bond acceptors (Lipinski definition) is 4. The first-order valence-corrected chi connectivity index (χ1v) is 9.55. The van der Waals surface area contributed by atoms with Gasteiger partial charge in [0, 0.05) is 18.3 Å². The molecule has 19 heavy (non-hydrogen) atoms. The second-order valence-electron chi connectivity index (χ2n) is 5.54. The summed E-state index contributed by atoms with van der Waals surface area (Å²) >= 11 is 0. The van der Waals surface area contributed by atoms with Crippen LogP contribution in [0.25, 0.3) is 0 Å². The summed E-state index contributed by atoms with van der Waals surface area (Å²) in [7, 11) is -2.81. The van der Waals surface area contributed by atoms with Crippen LogP contribution in [0.4, 0.5) is 0 Å². The van der Waals surface area contributed by atoms with Crippen molar-refractivity contribution in [2.75, 3.05) is 37.7 Å². The molecule has 0 radical (unpaired) electrons. The molecule has 1 N–H and O–H groups in total. The van der Waals surface area contributed by atoms with Crippen molar-refractivity contribution in [3.05, 3.63) is 0 Å². The molecular weight excluding hydrogens is 260 g/mol. The van der Waals surface area contributed by atoms with Gasteiger partial charge in [-0.05, 0) is 45.3 Å². The largest absolute Gasteiger partial charge is 0.313 e. The fourth-order valence-electron chi connectivity index (χ4n) is 2.65. The molecule has 1 saturated heterocycles. The van der Waals surface area contributed by atoms with E-state index in [0.717, 1.165) is 39.0 Å². The normalized spacial score (nSPS) is 20.9. The van der Waals surface area contributed by atoms with Gasteiger partial charge in [0.05, 0.1) is 5.75 Å². The van der Waals surface area contributed by atoms with Gasteiger partial charge in [0.1, 0.15) is 9.84 Å². The summed E-state index contributed by atoms with van der Waals surface area (Å²) < 4.78 is 23.0. The van der Waals surface area contributed by atoms with E-state index in [1.165, 1.54) is 19.3 Å². The summed E-state index contributed by atoms with van der Waals surface area (Å²) in [6, 6.07) is 0.600. The van der Waals surface area contributed by atoms with E-state index < -0.39 is 9.84 Å². The third kappa shape index (κ3) is 7.28. The smallest absolute Gasteiger partial charge is 0.150 e. The number of nitrogens with one attached hydrogen (secondary N) is 1. The average Bonchev–Trinajstić information content (AvgIpc) is 2.40. The Morgan fingerprint density at radius 1 is 1.21 bits per heavy atom. The van der Waals surface area contributed by atoms with Gasteiger partial charge in [-0.1, -0.05) is 20.3 Å². The van der Waals surface area contributed by atoms with Gasteiger partial charge < -0.3 is 10.2 Å². The van der Waals surface area contributed by atoms with Crippen LogP contribution >= 0.6 is 0 Å². The van der Waals surface area contributed by atoms with E-state index in [1.54, 1.807) is 6.92 Å². The third-order valence-corrected chi connectivity index (χ3v) is 5.59. The lowest BCUT2D eigenvalue weighted by molar-refractivity contribution is 0.225. The molecular formula is C14H30N2O2S. The fourth-order valence-corrected chi connectivity index (χ4v) is 3.51. The molecule has 1 rings (SSSR count). The van der Waals surface area contributed by atoms with E-state index in [4.69, 9.17) is 0 Å². The summed E-state index contributed by atoms with van der Waals surface area (Å²) in [5, 5.41) is 3.57. The molecule has 5 heteroatoms. The Balaban J connectivity index is 2.31. The molecule has 1 unspecified atom stereocenters. The third-order valence-electron chi connectivity index (χ3n) is 3.80. The maximum atomic E-state index is 11.5. The van der Waals surface area contributed by atoms with Crippen molar-refractivity contribution >= 4 is 9.84 Å². The molecule has 4 nitrogen and oxygen atoms in total. The van der Waals surface area contributed by atoms with E-state index in [0.29, 0.717) is 11.8 Å². The molecule has 1 fully saturated rings. The Bertz CT molecular complexity index is 324. The van der Waals surface area contributed by atoms with Gasteiger partial charge in [-0.25, -0.2) is 8.42 Å². The van der Waals surface area contributed by atoms with Crippen LogP contribution in [0.3, 0.4) is 0 Å². The molecule has 114 valence electrons. The minimum absolute atomic E-state index is 0.269. The van der Waals surface area contributed by atoms with Crippen molar-refractivity contribution in [2.24, 2.45) is 0 Å². The van der Waals surface area contributed by atoms with Crippen molar-refractivity contribution in [1.82, 2.24) is 10.2 Å². The number of nitrogens with zero attached hydrogens (tertiary/aromatic N) is 1. The zero-order valence-electron chi connectivity index (χ0n) is 12.5. The van der Waals surface area contributed by atoms with Gasteiger partial charge in [0.15, 0.2) is 0 Å². The van der Waals surface area contributed by atoms with Crippen molar-refractivity contribution in [2.45, 2.75) is 52.0 Å². The van der Waals surface area contributed by atoms with Gasteiger partial charge in [-0.2, -0.15) is 0 Å².